The second kappa shape index (κ2) is 11.5. The second-order valence-electron chi connectivity index (χ2n) is 10.1. The standard InChI is InChI=1S/C29H35N7O2/c1-19(21-7-6-8-22-23(28(37)30-4)11-13-31-27(21)22)16-32-25-15-24(34-18-35-25)20-9-10-26(33-17-20)36(5)14-12-29(2,3)38/h6-11,13,15,17-19,38H,12,14,16H2,1-5H3,(H,30,37)(H,32,34,35)/t19-/m1/s1. The molecule has 4 rings (SSSR count). The van der Waals surface area contributed by atoms with Gasteiger partial charge in [-0.15, -0.1) is 0 Å². The predicted octanol–water partition coefficient (Wildman–Crippen LogP) is 4.26. The number of aliphatic hydroxyl groups is 1. The molecule has 3 N–H and O–H groups in total. The van der Waals surface area contributed by atoms with Crippen molar-refractivity contribution in [2.75, 3.05) is 37.4 Å². The van der Waals surface area contributed by atoms with Crippen LogP contribution in [0.4, 0.5) is 11.6 Å². The highest BCUT2D eigenvalue weighted by Gasteiger charge is 2.16. The molecular formula is C29H35N7O2. The van der Waals surface area contributed by atoms with Gasteiger partial charge in [-0.05, 0) is 44.0 Å². The number of carbonyl (C=O) groups is 1. The summed E-state index contributed by atoms with van der Waals surface area (Å²) in [7, 11) is 3.59. The van der Waals surface area contributed by atoms with Crippen LogP contribution in [-0.4, -0.2) is 63.7 Å². The molecule has 3 heterocycles. The van der Waals surface area contributed by atoms with Gasteiger partial charge in [0.05, 0.1) is 22.4 Å². The zero-order valence-electron chi connectivity index (χ0n) is 22.6. The van der Waals surface area contributed by atoms with E-state index in [1.807, 2.05) is 48.3 Å². The Kier molecular flexibility index (Phi) is 8.16. The van der Waals surface area contributed by atoms with Crippen LogP contribution in [0, 0.1) is 0 Å². The molecule has 3 aromatic heterocycles. The molecule has 0 aliphatic rings. The van der Waals surface area contributed by atoms with Crippen LogP contribution in [0.25, 0.3) is 22.2 Å². The zero-order valence-corrected chi connectivity index (χ0v) is 22.6. The first-order chi connectivity index (χ1) is 18.2. The minimum absolute atomic E-state index is 0.116. The average Bonchev–Trinajstić information content (AvgIpc) is 2.93. The van der Waals surface area contributed by atoms with Crippen molar-refractivity contribution in [1.82, 2.24) is 25.3 Å². The van der Waals surface area contributed by atoms with Crippen LogP contribution in [0.1, 0.15) is 49.0 Å². The Morgan fingerprint density at radius 2 is 1.92 bits per heavy atom. The third kappa shape index (κ3) is 6.41. The van der Waals surface area contributed by atoms with Crippen molar-refractivity contribution in [3.8, 4) is 11.3 Å². The highest BCUT2D eigenvalue weighted by Crippen LogP contribution is 2.27. The molecule has 0 aliphatic heterocycles. The molecule has 9 nitrogen and oxygen atoms in total. The summed E-state index contributed by atoms with van der Waals surface area (Å²) in [4.78, 5) is 32.3. The Morgan fingerprint density at radius 1 is 1.11 bits per heavy atom. The maximum atomic E-state index is 12.3. The molecule has 0 spiro atoms. The van der Waals surface area contributed by atoms with E-state index in [4.69, 9.17) is 0 Å². The molecule has 198 valence electrons. The monoisotopic (exact) mass is 513 g/mol. The van der Waals surface area contributed by atoms with Crippen molar-refractivity contribution >= 4 is 28.4 Å². The van der Waals surface area contributed by atoms with Gasteiger partial charge in [0.15, 0.2) is 0 Å². The fraction of sp³-hybridized carbons (Fsp3) is 0.345. The Morgan fingerprint density at radius 3 is 2.63 bits per heavy atom. The predicted molar refractivity (Wildman–Crippen MR) is 151 cm³/mol. The van der Waals surface area contributed by atoms with Crippen molar-refractivity contribution in [2.45, 2.75) is 38.7 Å². The van der Waals surface area contributed by atoms with Crippen LogP contribution in [0.2, 0.25) is 0 Å². The lowest BCUT2D eigenvalue weighted by atomic mass is 9.96. The average molecular weight is 514 g/mol. The van der Waals surface area contributed by atoms with Gasteiger partial charge in [-0.25, -0.2) is 15.0 Å². The van der Waals surface area contributed by atoms with Gasteiger partial charge in [0.1, 0.15) is 18.0 Å². The van der Waals surface area contributed by atoms with Gasteiger partial charge in [-0.2, -0.15) is 0 Å². The lowest BCUT2D eigenvalue weighted by Gasteiger charge is -2.23. The van der Waals surface area contributed by atoms with Crippen molar-refractivity contribution in [2.24, 2.45) is 0 Å². The van der Waals surface area contributed by atoms with Gasteiger partial charge in [0.25, 0.3) is 5.91 Å². The van der Waals surface area contributed by atoms with Crippen molar-refractivity contribution < 1.29 is 9.90 Å². The molecule has 4 aromatic rings. The molecule has 38 heavy (non-hydrogen) atoms. The fourth-order valence-corrected chi connectivity index (χ4v) is 4.23. The van der Waals surface area contributed by atoms with Crippen molar-refractivity contribution in [1.29, 1.82) is 0 Å². The molecule has 1 aromatic carbocycles. The topological polar surface area (TPSA) is 116 Å². The number of aromatic nitrogens is 4. The molecule has 0 bridgehead atoms. The zero-order chi connectivity index (χ0) is 27.3. The number of pyridine rings is 2. The molecule has 9 heteroatoms. The molecule has 1 amide bonds. The molecule has 0 saturated heterocycles. The number of nitrogens with zero attached hydrogens (tertiary/aromatic N) is 5. The van der Waals surface area contributed by atoms with E-state index in [2.05, 4.69) is 37.5 Å². The summed E-state index contributed by atoms with van der Waals surface area (Å²) in [6, 6.07) is 13.5. The summed E-state index contributed by atoms with van der Waals surface area (Å²) in [5.74, 6) is 1.54. The Balaban J connectivity index is 1.45. The number of fused-ring (bicyclic) bond motifs is 1. The van der Waals surface area contributed by atoms with Gasteiger partial charge in [-0.1, -0.05) is 25.1 Å². The molecule has 0 fully saturated rings. The van der Waals surface area contributed by atoms with Crippen LogP contribution in [-0.2, 0) is 0 Å². The first kappa shape index (κ1) is 26.9. The summed E-state index contributed by atoms with van der Waals surface area (Å²) in [6.07, 6.45) is 5.67. The molecular weight excluding hydrogens is 478 g/mol. The van der Waals surface area contributed by atoms with E-state index >= 15 is 0 Å². The number of para-hydroxylation sites is 1. The summed E-state index contributed by atoms with van der Waals surface area (Å²) in [6.45, 7) is 7.07. The quantitative estimate of drug-likeness (QED) is 0.288. The maximum Gasteiger partial charge on any atom is 0.251 e. The molecule has 0 unspecified atom stereocenters. The Hall–Kier alpha value is -4.11. The minimum Gasteiger partial charge on any atom is -0.390 e. The van der Waals surface area contributed by atoms with E-state index in [0.717, 1.165) is 33.5 Å². The van der Waals surface area contributed by atoms with E-state index in [-0.39, 0.29) is 11.8 Å². The van der Waals surface area contributed by atoms with Crippen LogP contribution >= 0.6 is 0 Å². The molecule has 0 saturated carbocycles. The number of nitrogens with one attached hydrogen (secondary N) is 2. The van der Waals surface area contributed by atoms with Crippen LogP contribution in [0.3, 0.4) is 0 Å². The lowest BCUT2D eigenvalue weighted by molar-refractivity contribution is 0.0733. The molecule has 0 radical (unpaired) electrons. The van der Waals surface area contributed by atoms with Crippen molar-refractivity contribution in [3.05, 3.63) is 72.3 Å². The largest absolute Gasteiger partial charge is 0.390 e. The molecule has 1 atom stereocenters. The number of amides is 1. The normalized spacial score (nSPS) is 12.3. The summed E-state index contributed by atoms with van der Waals surface area (Å²) < 4.78 is 0. The number of hydrogen-bond acceptors (Lipinski definition) is 8. The van der Waals surface area contributed by atoms with Gasteiger partial charge < -0.3 is 20.6 Å². The first-order valence-corrected chi connectivity index (χ1v) is 12.7. The number of benzene rings is 1. The smallest absolute Gasteiger partial charge is 0.251 e. The number of rotatable bonds is 10. The van der Waals surface area contributed by atoms with E-state index in [0.29, 0.717) is 30.9 Å². The van der Waals surface area contributed by atoms with Crippen molar-refractivity contribution in [3.63, 3.8) is 0 Å². The van der Waals surface area contributed by atoms with Gasteiger partial charge in [0, 0.05) is 62.5 Å². The summed E-state index contributed by atoms with van der Waals surface area (Å²) in [5, 5.41) is 16.9. The van der Waals surface area contributed by atoms with Gasteiger partial charge in [0.2, 0.25) is 0 Å². The van der Waals surface area contributed by atoms with E-state index in [1.165, 1.54) is 0 Å². The highest BCUT2D eigenvalue weighted by atomic mass is 16.3. The lowest BCUT2D eigenvalue weighted by Crippen LogP contribution is -2.28. The van der Waals surface area contributed by atoms with E-state index < -0.39 is 5.60 Å². The number of carbonyl (C=O) groups excluding carboxylic acids is 1. The maximum absolute atomic E-state index is 12.3. The van der Waals surface area contributed by atoms with Gasteiger partial charge in [-0.3, -0.25) is 9.78 Å². The summed E-state index contributed by atoms with van der Waals surface area (Å²) in [5.41, 5.74) is 3.45. The highest BCUT2D eigenvalue weighted by molar-refractivity contribution is 6.06. The number of hydrogen-bond donors (Lipinski definition) is 3. The Bertz CT molecular complexity index is 1400. The Labute approximate surface area is 223 Å². The first-order valence-electron chi connectivity index (χ1n) is 12.7. The second-order valence-corrected chi connectivity index (χ2v) is 10.1. The van der Waals surface area contributed by atoms with Gasteiger partial charge >= 0.3 is 0 Å². The van der Waals surface area contributed by atoms with Crippen LogP contribution in [0.5, 0.6) is 0 Å². The third-order valence-corrected chi connectivity index (χ3v) is 6.56. The van der Waals surface area contributed by atoms with E-state index in [1.54, 1.807) is 45.7 Å². The van der Waals surface area contributed by atoms with Crippen LogP contribution in [0.15, 0.2) is 61.2 Å². The van der Waals surface area contributed by atoms with Crippen LogP contribution < -0.4 is 15.5 Å². The minimum atomic E-state index is -0.714. The SMILES string of the molecule is CNC(=O)c1ccnc2c([C@H](C)CNc3cc(-c4ccc(N(C)CCC(C)(C)O)nc4)ncn3)cccc12. The number of anilines is 2. The third-order valence-electron chi connectivity index (χ3n) is 6.56. The van der Waals surface area contributed by atoms with E-state index in [9.17, 15) is 9.90 Å². The fourth-order valence-electron chi connectivity index (χ4n) is 4.23. The molecule has 0 aliphatic carbocycles. The summed E-state index contributed by atoms with van der Waals surface area (Å²) >= 11 is 0.